The summed E-state index contributed by atoms with van der Waals surface area (Å²) in [6.45, 7) is 2.30. The van der Waals surface area contributed by atoms with Gasteiger partial charge >= 0.3 is 6.18 Å². The largest absolute Gasteiger partial charge is 0.435 e. The molecule has 36 heavy (non-hydrogen) atoms. The molecule has 0 saturated carbocycles. The van der Waals surface area contributed by atoms with E-state index in [-0.39, 0.29) is 27.8 Å². The SMILES string of the molecule is Cc1ccc(C(F)(F)CNC(=O)c2c(Oc3cncc(C(F)(F)F)c3)nnc3ccccc23)c(C)c1. The van der Waals surface area contributed by atoms with Crippen LogP contribution in [0.3, 0.4) is 0 Å². The van der Waals surface area contributed by atoms with Gasteiger partial charge in [-0.25, -0.2) is 0 Å². The van der Waals surface area contributed by atoms with Gasteiger partial charge in [0.1, 0.15) is 11.3 Å². The zero-order valence-corrected chi connectivity index (χ0v) is 19.0. The second-order valence-electron chi connectivity index (χ2n) is 8.11. The van der Waals surface area contributed by atoms with Crippen molar-refractivity contribution in [2.75, 3.05) is 6.54 Å². The number of rotatable bonds is 6. The lowest BCUT2D eigenvalue weighted by Crippen LogP contribution is -2.35. The number of aryl methyl sites for hydroxylation is 2. The minimum Gasteiger partial charge on any atom is -0.435 e. The van der Waals surface area contributed by atoms with E-state index in [1.807, 2.05) is 0 Å². The highest BCUT2D eigenvalue weighted by atomic mass is 19.4. The minimum atomic E-state index is -4.68. The average molecular weight is 502 g/mol. The van der Waals surface area contributed by atoms with Gasteiger partial charge in [-0.05, 0) is 31.5 Å². The Morgan fingerprint density at radius 1 is 0.972 bits per heavy atom. The van der Waals surface area contributed by atoms with Crippen LogP contribution in [0.15, 0.2) is 60.9 Å². The quantitative estimate of drug-likeness (QED) is 0.329. The molecule has 186 valence electrons. The lowest BCUT2D eigenvalue weighted by molar-refractivity contribution is -0.137. The number of halogens is 5. The Kier molecular flexibility index (Phi) is 6.57. The molecule has 0 spiro atoms. The lowest BCUT2D eigenvalue weighted by Gasteiger charge is -2.20. The summed E-state index contributed by atoms with van der Waals surface area (Å²) in [5, 5.41) is 10.2. The summed E-state index contributed by atoms with van der Waals surface area (Å²) >= 11 is 0. The second-order valence-corrected chi connectivity index (χ2v) is 8.11. The predicted octanol–water partition coefficient (Wildman–Crippen LogP) is 5.97. The summed E-state index contributed by atoms with van der Waals surface area (Å²) < 4.78 is 74.5. The second kappa shape index (κ2) is 9.48. The van der Waals surface area contributed by atoms with E-state index >= 15 is 0 Å². The maximum Gasteiger partial charge on any atom is 0.418 e. The van der Waals surface area contributed by atoms with Gasteiger partial charge in [-0.1, -0.05) is 42.0 Å². The third kappa shape index (κ3) is 5.24. The summed E-state index contributed by atoms with van der Waals surface area (Å²) in [6.07, 6.45) is -3.06. The van der Waals surface area contributed by atoms with E-state index in [1.54, 1.807) is 44.2 Å². The van der Waals surface area contributed by atoms with Crippen molar-refractivity contribution in [1.82, 2.24) is 20.5 Å². The van der Waals surface area contributed by atoms with Crippen molar-refractivity contribution >= 4 is 16.8 Å². The molecule has 0 saturated heterocycles. The van der Waals surface area contributed by atoms with Crippen LogP contribution in [0, 0.1) is 13.8 Å². The first-order valence-electron chi connectivity index (χ1n) is 10.6. The van der Waals surface area contributed by atoms with Crippen molar-refractivity contribution in [2.24, 2.45) is 0 Å². The molecule has 1 amide bonds. The van der Waals surface area contributed by atoms with Gasteiger partial charge in [0.05, 0.1) is 23.8 Å². The lowest BCUT2D eigenvalue weighted by atomic mass is 10.00. The van der Waals surface area contributed by atoms with Gasteiger partial charge in [-0.2, -0.15) is 22.0 Å². The van der Waals surface area contributed by atoms with Crippen LogP contribution in [0.1, 0.15) is 32.6 Å². The molecule has 0 aliphatic rings. The number of ether oxygens (including phenoxy) is 1. The third-order valence-corrected chi connectivity index (χ3v) is 5.36. The number of nitrogens with zero attached hydrogens (tertiary/aromatic N) is 3. The van der Waals surface area contributed by atoms with Crippen LogP contribution in [0.25, 0.3) is 10.9 Å². The Morgan fingerprint density at radius 2 is 1.72 bits per heavy atom. The summed E-state index contributed by atoms with van der Waals surface area (Å²) in [6, 6.07) is 11.4. The van der Waals surface area contributed by atoms with Crippen molar-refractivity contribution in [3.05, 3.63) is 88.7 Å². The molecule has 2 aromatic carbocycles. The maximum absolute atomic E-state index is 15.0. The van der Waals surface area contributed by atoms with E-state index in [9.17, 15) is 26.7 Å². The van der Waals surface area contributed by atoms with Gasteiger partial charge in [-0.15, -0.1) is 10.2 Å². The number of fused-ring (bicyclic) bond motifs is 1. The van der Waals surface area contributed by atoms with Gasteiger partial charge in [0.25, 0.3) is 17.7 Å². The fourth-order valence-electron chi connectivity index (χ4n) is 3.67. The molecular formula is C25H19F5N4O2. The van der Waals surface area contributed by atoms with Crippen LogP contribution >= 0.6 is 0 Å². The van der Waals surface area contributed by atoms with Crippen LogP contribution in [0.5, 0.6) is 11.6 Å². The van der Waals surface area contributed by atoms with Gasteiger partial charge in [0, 0.05) is 17.1 Å². The summed E-state index contributed by atoms with van der Waals surface area (Å²) in [5.41, 5.74) is -0.124. The van der Waals surface area contributed by atoms with Crippen molar-refractivity contribution in [1.29, 1.82) is 0 Å². The highest BCUT2D eigenvalue weighted by Gasteiger charge is 2.35. The Labute approximate surface area is 202 Å². The van der Waals surface area contributed by atoms with Crippen LogP contribution in [0.2, 0.25) is 0 Å². The van der Waals surface area contributed by atoms with Gasteiger partial charge in [0.15, 0.2) is 0 Å². The molecule has 2 aromatic heterocycles. The van der Waals surface area contributed by atoms with Crippen molar-refractivity contribution in [3.8, 4) is 11.6 Å². The molecule has 0 aliphatic heterocycles. The zero-order chi connectivity index (χ0) is 26.1. The number of carbonyl (C=O) groups is 1. The molecule has 1 N–H and O–H groups in total. The Balaban J connectivity index is 1.67. The van der Waals surface area contributed by atoms with E-state index in [2.05, 4.69) is 20.5 Å². The zero-order valence-electron chi connectivity index (χ0n) is 19.0. The first kappa shape index (κ1) is 25.0. The molecular weight excluding hydrogens is 483 g/mol. The molecule has 0 atom stereocenters. The molecule has 4 aromatic rings. The highest BCUT2D eigenvalue weighted by molar-refractivity contribution is 6.07. The first-order valence-corrected chi connectivity index (χ1v) is 10.6. The van der Waals surface area contributed by atoms with E-state index in [1.165, 1.54) is 12.1 Å². The van der Waals surface area contributed by atoms with Gasteiger partial charge in [-0.3, -0.25) is 9.78 Å². The minimum absolute atomic E-state index is 0.217. The molecule has 6 nitrogen and oxygen atoms in total. The van der Waals surface area contributed by atoms with E-state index in [0.717, 1.165) is 11.8 Å². The van der Waals surface area contributed by atoms with E-state index in [4.69, 9.17) is 4.74 Å². The fourth-order valence-corrected chi connectivity index (χ4v) is 3.67. The molecule has 0 unspecified atom stereocenters. The molecule has 0 fully saturated rings. The van der Waals surface area contributed by atoms with Crippen molar-refractivity contribution in [3.63, 3.8) is 0 Å². The van der Waals surface area contributed by atoms with Gasteiger partial charge in [0.2, 0.25) is 0 Å². The smallest absolute Gasteiger partial charge is 0.418 e. The van der Waals surface area contributed by atoms with Crippen LogP contribution in [0.4, 0.5) is 22.0 Å². The fraction of sp³-hybridized carbons (Fsp3) is 0.200. The highest BCUT2D eigenvalue weighted by Crippen LogP contribution is 2.34. The van der Waals surface area contributed by atoms with Gasteiger partial charge < -0.3 is 10.1 Å². The number of hydrogen-bond acceptors (Lipinski definition) is 5. The number of aromatic nitrogens is 3. The molecule has 2 heterocycles. The first-order chi connectivity index (χ1) is 17.0. The number of benzene rings is 2. The number of hydrogen-bond donors (Lipinski definition) is 1. The number of amides is 1. The van der Waals surface area contributed by atoms with Crippen LogP contribution in [-0.2, 0) is 12.1 Å². The number of pyridine rings is 1. The molecule has 4 rings (SSSR count). The standard InChI is InChI=1S/C25H19F5N4O2/c1-14-7-8-19(15(2)9-14)24(26,27)13-32-22(35)21-18-5-3-4-6-20(18)33-34-23(21)36-17-10-16(11-31-12-17)25(28,29)30/h3-12H,13H2,1-2H3,(H,32,35). The van der Waals surface area contributed by atoms with Crippen LogP contribution in [-0.4, -0.2) is 27.6 Å². The summed E-state index contributed by atoms with van der Waals surface area (Å²) in [4.78, 5) is 16.6. The monoisotopic (exact) mass is 502 g/mol. The van der Waals surface area contributed by atoms with E-state index in [0.29, 0.717) is 17.8 Å². The average Bonchev–Trinajstić information content (AvgIpc) is 2.82. The molecule has 0 bridgehead atoms. The Hall–Kier alpha value is -4.15. The summed E-state index contributed by atoms with van der Waals surface area (Å²) in [7, 11) is 0. The number of alkyl halides is 5. The number of carbonyl (C=O) groups excluding carboxylic acids is 1. The molecule has 0 aliphatic carbocycles. The molecule has 11 heteroatoms. The Bertz CT molecular complexity index is 1440. The topological polar surface area (TPSA) is 77.0 Å². The summed E-state index contributed by atoms with van der Waals surface area (Å²) in [5.74, 6) is -5.16. The predicted molar refractivity (Wildman–Crippen MR) is 121 cm³/mol. The maximum atomic E-state index is 15.0. The van der Waals surface area contributed by atoms with E-state index < -0.39 is 36.0 Å². The molecule has 0 radical (unpaired) electrons. The number of nitrogens with one attached hydrogen (secondary N) is 1. The van der Waals surface area contributed by atoms with Crippen LogP contribution < -0.4 is 10.1 Å². The Morgan fingerprint density at radius 3 is 2.44 bits per heavy atom. The van der Waals surface area contributed by atoms with Crippen molar-refractivity contribution in [2.45, 2.75) is 25.9 Å². The third-order valence-electron chi connectivity index (χ3n) is 5.36. The van der Waals surface area contributed by atoms with Crippen molar-refractivity contribution < 1.29 is 31.5 Å². The normalized spacial score (nSPS) is 12.0.